The van der Waals surface area contributed by atoms with Gasteiger partial charge < -0.3 is 0 Å². The predicted molar refractivity (Wildman–Crippen MR) is 70.8 cm³/mol. The molecule has 0 aliphatic carbocycles. The van der Waals surface area contributed by atoms with E-state index in [1.54, 1.807) is 17.4 Å². The normalized spacial score (nSPS) is 12.7. The molecule has 0 spiro atoms. The second kappa shape index (κ2) is 5.27. The molecule has 1 aromatic heterocycles. The molecule has 1 heterocycles. The molecule has 0 bridgehead atoms. The van der Waals surface area contributed by atoms with E-state index in [1.807, 2.05) is 12.1 Å². The molecule has 1 aromatic carbocycles. The Kier molecular flexibility index (Phi) is 3.94. The van der Waals surface area contributed by atoms with E-state index in [2.05, 4.69) is 22.9 Å². The van der Waals surface area contributed by atoms with Crippen molar-refractivity contribution in [1.82, 2.24) is 0 Å². The van der Waals surface area contributed by atoms with Crippen LogP contribution < -0.4 is 0 Å². The summed E-state index contributed by atoms with van der Waals surface area (Å²) in [5.74, 6) is -1.58. The Bertz CT molecular complexity index is 522. The van der Waals surface area contributed by atoms with Crippen LogP contribution in [0.5, 0.6) is 0 Å². The molecule has 1 unspecified atom stereocenters. The molecule has 0 N–H and O–H groups in total. The second-order valence-electron chi connectivity index (χ2n) is 3.66. The van der Waals surface area contributed by atoms with Crippen molar-refractivity contribution in [2.24, 2.45) is 0 Å². The molecule has 0 aliphatic heterocycles. The van der Waals surface area contributed by atoms with Crippen LogP contribution >= 0.6 is 27.3 Å². The lowest BCUT2D eigenvalue weighted by Crippen LogP contribution is -1.96. The average molecular weight is 317 g/mol. The molecule has 2 aromatic rings. The maximum atomic E-state index is 13.6. The van der Waals surface area contributed by atoms with Crippen LogP contribution in [0.3, 0.4) is 0 Å². The molecule has 0 fully saturated rings. The van der Waals surface area contributed by atoms with Gasteiger partial charge in [0.25, 0.3) is 0 Å². The quantitative estimate of drug-likeness (QED) is 0.693. The van der Waals surface area contributed by atoms with Crippen LogP contribution in [0.2, 0.25) is 0 Å². The Morgan fingerprint density at radius 3 is 2.65 bits per heavy atom. The molecule has 0 nitrogen and oxygen atoms in total. The van der Waals surface area contributed by atoms with Crippen LogP contribution in [-0.2, 0) is 6.42 Å². The van der Waals surface area contributed by atoms with Crippen molar-refractivity contribution in [3.63, 3.8) is 0 Å². The van der Waals surface area contributed by atoms with Crippen LogP contribution in [-0.4, -0.2) is 0 Å². The van der Waals surface area contributed by atoms with E-state index in [9.17, 15) is 8.78 Å². The van der Waals surface area contributed by atoms with Crippen LogP contribution in [0.15, 0.2) is 30.3 Å². The van der Waals surface area contributed by atoms with E-state index >= 15 is 0 Å². The van der Waals surface area contributed by atoms with Crippen LogP contribution in [0.4, 0.5) is 8.78 Å². The van der Waals surface area contributed by atoms with Crippen LogP contribution in [0.1, 0.15) is 27.1 Å². The van der Waals surface area contributed by atoms with Crippen LogP contribution in [0, 0.1) is 11.6 Å². The van der Waals surface area contributed by atoms with E-state index < -0.39 is 11.6 Å². The number of hydrogen-bond donors (Lipinski definition) is 0. The molecular formula is C13H11BrF2S. The Morgan fingerprint density at radius 1 is 1.24 bits per heavy atom. The van der Waals surface area contributed by atoms with Crippen molar-refractivity contribution in [2.45, 2.75) is 18.2 Å². The zero-order valence-electron chi connectivity index (χ0n) is 9.21. The van der Waals surface area contributed by atoms with Gasteiger partial charge in [-0.3, -0.25) is 0 Å². The number of rotatable bonds is 3. The van der Waals surface area contributed by atoms with Gasteiger partial charge in [-0.15, -0.1) is 11.3 Å². The van der Waals surface area contributed by atoms with Gasteiger partial charge >= 0.3 is 0 Å². The third-order valence-electron chi connectivity index (χ3n) is 2.54. The first-order valence-electron chi connectivity index (χ1n) is 5.30. The highest BCUT2D eigenvalue weighted by molar-refractivity contribution is 9.09. The lowest BCUT2D eigenvalue weighted by molar-refractivity contribution is 0.501. The summed E-state index contributed by atoms with van der Waals surface area (Å²) in [7, 11) is 0. The third-order valence-corrected chi connectivity index (χ3v) is 5.12. The van der Waals surface area contributed by atoms with Gasteiger partial charge in [0.1, 0.15) is 0 Å². The predicted octanol–water partition coefficient (Wildman–Crippen LogP) is 5.07. The van der Waals surface area contributed by atoms with Gasteiger partial charge in [-0.2, -0.15) is 0 Å². The van der Waals surface area contributed by atoms with Gasteiger partial charge in [0, 0.05) is 15.3 Å². The SMILES string of the molecule is CCc1ccc(C(Br)c2cccc(F)c2F)s1. The number of hydrogen-bond acceptors (Lipinski definition) is 1. The average Bonchev–Trinajstić information content (AvgIpc) is 2.80. The Hall–Kier alpha value is -0.740. The first kappa shape index (κ1) is 12.7. The summed E-state index contributed by atoms with van der Waals surface area (Å²) in [6, 6.07) is 8.22. The molecular weight excluding hydrogens is 306 g/mol. The molecule has 0 saturated carbocycles. The lowest BCUT2D eigenvalue weighted by atomic mass is 10.1. The Labute approximate surface area is 111 Å². The number of halogens is 3. The molecule has 0 amide bonds. The van der Waals surface area contributed by atoms with Gasteiger partial charge in [0.15, 0.2) is 11.6 Å². The fourth-order valence-corrected chi connectivity index (χ4v) is 3.33. The van der Waals surface area contributed by atoms with Crippen molar-refractivity contribution >= 4 is 27.3 Å². The molecule has 17 heavy (non-hydrogen) atoms. The summed E-state index contributed by atoms with van der Waals surface area (Å²) in [5.41, 5.74) is 0.342. The maximum absolute atomic E-state index is 13.6. The minimum absolute atomic E-state index is 0.288. The van der Waals surface area contributed by atoms with Gasteiger partial charge in [-0.05, 0) is 24.6 Å². The van der Waals surface area contributed by atoms with E-state index in [0.29, 0.717) is 5.56 Å². The lowest BCUT2D eigenvalue weighted by Gasteiger charge is -2.09. The highest BCUT2D eigenvalue weighted by Gasteiger charge is 2.18. The van der Waals surface area contributed by atoms with Crippen molar-refractivity contribution in [3.05, 3.63) is 57.3 Å². The standard InChI is InChI=1S/C13H11BrF2S/c1-2-8-6-7-11(17-8)12(14)9-4-3-5-10(15)13(9)16/h3-7,12H,2H2,1H3. The van der Waals surface area contributed by atoms with E-state index in [1.165, 1.54) is 10.9 Å². The molecule has 0 saturated heterocycles. The fraction of sp³-hybridized carbons (Fsp3) is 0.231. The van der Waals surface area contributed by atoms with Crippen molar-refractivity contribution in [3.8, 4) is 0 Å². The monoisotopic (exact) mass is 316 g/mol. The van der Waals surface area contributed by atoms with Gasteiger partial charge in [0.2, 0.25) is 0 Å². The summed E-state index contributed by atoms with van der Waals surface area (Å²) in [6.45, 7) is 2.07. The Morgan fingerprint density at radius 2 is 2.00 bits per heavy atom. The summed E-state index contributed by atoms with van der Waals surface area (Å²) < 4.78 is 26.8. The number of thiophene rings is 1. The Balaban J connectivity index is 2.36. The minimum Gasteiger partial charge on any atom is -0.204 e. The molecule has 0 aliphatic rings. The second-order valence-corrected chi connectivity index (χ2v) is 5.78. The van der Waals surface area contributed by atoms with Crippen molar-refractivity contribution in [2.75, 3.05) is 0 Å². The number of alkyl halides is 1. The minimum atomic E-state index is -0.806. The van der Waals surface area contributed by atoms with Crippen molar-refractivity contribution in [1.29, 1.82) is 0 Å². The topological polar surface area (TPSA) is 0 Å². The summed E-state index contributed by atoms with van der Waals surface area (Å²) in [5, 5.41) is 0. The van der Waals surface area contributed by atoms with Gasteiger partial charge in [-0.1, -0.05) is 35.0 Å². The first-order chi connectivity index (χ1) is 8.13. The number of benzene rings is 1. The van der Waals surface area contributed by atoms with E-state index in [4.69, 9.17) is 0 Å². The zero-order chi connectivity index (χ0) is 12.4. The summed E-state index contributed by atoms with van der Waals surface area (Å²) in [4.78, 5) is 1.94. The third kappa shape index (κ3) is 2.58. The molecule has 90 valence electrons. The molecule has 0 radical (unpaired) electrons. The highest BCUT2D eigenvalue weighted by Crippen LogP contribution is 2.37. The summed E-state index contributed by atoms with van der Waals surface area (Å²) in [6.07, 6.45) is 0.954. The smallest absolute Gasteiger partial charge is 0.163 e. The largest absolute Gasteiger partial charge is 0.204 e. The van der Waals surface area contributed by atoms with Crippen LogP contribution in [0.25, 0.3) is 0 Å². The first-order valence-corrected chi connectivity index (χ1v) is 7.03. The maximum Gasteiger partial charge on any atom is 0.163 e. The molecule has 2 rings (SSSR count). The number of aryl methyl sites for hydroxylation is 1. The van der Waals surface area contributed by atoms with Gasteiger partial charge in [-0.25, -0.2) is 8.78 Å². The van der Waals surface area contributed by atoms with Gasteiger partial charge in [0.05, 0.1) is 4.83 Å². The highest BCUT2D eigenvalue weighted by atomic mass is 79.9. The van der Waals surface area contributed by atoms with E-state index in [0.717, 1.165) is 17.4 Å². The van der Waals surface area contributed by atoms with Crippen molar-refractivity contribution < 1.29 is 8.78 Å². The van der Waals surface area contributed by atoms with E-state index in [-0.39, 0.29) is 4.83 Å². The molecule has 1 atom stereocenters. The zero-order valence-corrected chi connectivity index (χ0v) is 11.6. The molecule has 4 heteroatoms. The summed E-state index contributed by atoms with van der Waals surface area (Å²) >= 11 is 5.04. The fourth-order valence-electron chi connectivity index (χ4n) is 1.59.